The van der Waals surface area contributed by atoms with Gasteiger partial charge < -0.3 is 14.8 Å². The molecule has 6 nitrogen and oxygen atoms in total. The number of carbonyl (C=O) groups is 1. The van der Waals surface area contributed by atoms with E-state index in [0.29, 0.717) is 12.2 Å². The van der Waals surface area contributed by atoms with E-state index in [1.807, 2.05) is 30.5 Å². The minimum atomic E-state index is -0.231. The number of rotatable bonds is 3. The van der Waals surface area contributed by atoms with Crippen LogP contribution in [0.3, 0.4) is 0 Å². The first-order chi connectivity index (χ1) is 12.6. The molecule has 0 spiro atoms. The maximum absolute atomic E-state index is 12.2. The van der Waals surface area contributed by atoms with E-state index in [0.717, 1.165) is 27.7 Å². The highest BCUT2D eigenvalue weighted by molar-refractivity contribution is 6.12. The molecular formula is C20H19N3O3. The van der Waals surface area contributed by atoms with E-state index in [1.165, 1.54) is 19.0 Å². The van der Waals surface area contributed by atoms with E-state index in [4.69, 9.17) is 4.74 Å². The van der Waals surface area contributed by atoms with Crippen molar-refractivity contribution in [1.82, 2.24) is 9.99 Å². The van der Waals surface area contributed by atoms with Gasteiger partial charge in [-0.15, -0.1) is 0 Å². The fraction of sp³-hybridized carbons (Fsp3) is 0.200. The fourth-order valence-corrected chi connectivity index (χ4v) is 3.43. The van der Waals surface area contributed by atoms with Crippen molar-refractivity contribution < 1.29 is 14.6 Å². The third-order valence-corrected chi connectivity index (χ3v) is 4.72. The number of phenols is 1. The van der Waals surface area contributed by atoms with Crippen molar-refractivity contribution in [2.24, 2.45) is 5.10 Å². The van der Waals surface area contributed by atoms with E-state index in [9.17, 15) is 9.90 Å². The molecule has 0 radical (unpaired) electrons. The van der Waals surface area contributed by atoms with Gasteiger partial charge in [0.1, 0.15) is 0 Å². The van der Waals surface area contributed by atoms with E-state index in [1.54, 1.807) is 18.2 Å². The van der Waals surface area contributed by atoms with Crippen LogP contribution >= 0.6 is 0 Å². The molecule has 2 heterocycles. The summed E-state index contributed by atoms with van der Waals surface area (Å²) < 4.78 is 5.20. The minimum absolute atomic E-state index is 0.0707. The van der Waals surface area contributed by atoms with Gasteiger partial charge >= 0.3 is 0 Å². The average molecular weight is 349 g/mol. The van der Waals surface area contributed by atoms with Gasteiger partial charge in [0.2, 0.25) is 5.91 Å². The summed E-state index contributed by atoms with van der Waals surface area (Å²) in [5.41, 5.74) is 3.76. The Bertz CT molecular complexity index is 1020. The molecule has 26 heavy (non-hydrogen) atoms. The second-order valence-corrected chi connectivity index (χ2v) is 6.31. The van der Waals surface area contributed by atoms with Gasteiger partial charge in [-0.25, -0.2) is 5.01 Å². The Balaban J connectivity index is 1.74. The first-order valence-electron chi connectivity index (χ1n) is 8.39. The van der Waals surface area contributed by atoms with Gasteiger partial charge in [0, 0.05) is 36.0 Å². The molecule has 6 heteroatoms. The SMILES string of the molecule is COc1cc(C2CC(c3c[nH]c4ccccc34)=NN2C(C)=O)ccc1O. The molecule has 2 aromatic carbocycles. The Kier molecular flexibility index (Phi) is 3.88. The zero-order valence-electron chi connectivity index (χ0n) is 14.6. The largest absolute Gasteiger partial charge is 0.504 e. The number of fused-ring (bicyclic) bond motifs is 1. The Morgan fingerprint density at radius 1 is 1.31 bits per heavy atom. The van der Waals surface area contributed by atoms with Crippen LogP contribution in [0.15, 0.2) is 53.8 Å². The summed E-state index contributed by atoms with van der Waals surface area (Å²) in [4.78, 5) is 15.4. The number of methoxy groups -OCH3 is 1. The summed E-state index contributed by atoms with van der Waals surface area (Å²) in [5.74, 6) is 0.324. The molecule has 1 amide bonds. The number of H-pyrrole nitrogens is 1. The first kappa shape index (κ1) is 16.2. The number of nitrogens with zero attached hydrogens (tertiary/aromatic N) is 2. The number of hydrazone groups is 1. The molecule has 1 atom stereocenters. The molecule has 2 N–H and O–H groups in total. The predicted molar refractivity (Wildman–Crippen MR) is 99.4 cm³/mol. The molecule has 0 bridgehead atoms. The number of ether oxygens (including phenoxy) is 1. The van der Waals surface area contributed by atoms with Gasteiger partial charge in [-0.2, -0.15) is 5.10 Å². The molecular weight excluding hydrogens is 330 g/mol. The molecule has 1 aromatic heterocycles. The van der Waals surface area contributed by atoms with Crippen LogP contribution in [0.25, 0.3) is 10.9 Å². The smallest absolute Gasteiger partial charge is 0.240 e. The molecule has 0 fully saturated rings. The van der Waals surface area contributed by atoms with Crippen molar-refractivity contribution in [3.63, 3.8) is 0 Å². The molecule has 132 valence electrons. The second kappa shape index (κ2) is 6.22. The molecule has 0 saturated heterocycles. The van der Waals surface area contributed by atoms with Crippen LogP contribution in [0.5, 0.6) is 11.5 Å². The summed E-state index contributed by atoms with van der Waals surface area (Å²) in [5, 5.41) is 17.0. The average Bonchev–Trinajstić information content (AvgIpc) is 3.26. The highest BCUT2D eigenvalue weighted by Gasteiger charge is 2.32. The van der Waals surface area contributed by atoms with E-state index in [-0.39, 0.29) is 17.7 Å². The van der Waals surface area contributed by atoms with E-state index in [2.05, 4.69) is 10.1 Å². The highest BCUT2D eigenvalue weighted by Crippen LogP contribution is 2.37. The lowest BCUT2D eigenvalue weighted by atomic mass is 9.98. The van der Waals surface area contributed by atoms with E-state index >= 15 is 0 Å². The van der Waals surface area contributed by atoms with Crippen LogP contribution in [-0.4, -0.2) is 33.8 Å². The Morgan fingerprint density at radius 3 is 2.88 bits per heavy atom. The lowest BCUT2D eigenvalue weighted by Crippen LogP contribution is -2.24. The lowest BCUT2D eigenvalue weighted by molar-refractivity contribution is -0.130. The fourth-order valence-electron chi connectivity index (χ4n) is 3.43. The number of hydrogen-bond acceptors (Lipinski definition) is 4. The van der Waals surface area contributed by atoms with Crippen LogP contribution in [0.2, 0.25) is 0 Å². The number of aromatic hydroxyl groups is 1. The minimum Gasteiger partial charge on any atom is -0.504 e. The summed E-state index contributed by atoms with van der Waals surface area (Å²) in [6.07, 6.45) is 2.52. The number of amides is 1. The molecule has 1 aliphatic heterocycles. The molecule has 3 aromatic rings. The van der Waals surface area contributed by atoms with Crippen LogP contribution in [0, 0.1) is 0 Å². The second-order valence-electron chi connectivity index (χ2n) is 6.31. The number of aromatic amines is 1. The standard InChI is InChI=1S/C20H19N3O3/c1-12(24)23-18(13-7-8-19(25)20(9-13)26-2)10-17(22-23)15-11-21-16-6-4-3-5-14(15)16/h3-9,11,18,21,25H,10H2,1-2H3. The molecule has 0 saturated carbocycles. The van der Waals surface area contributed by atoms with Crippen molar-refractivity contribution in [3.8, 4) is 11.5 Å². The van der Waals surface area contributed by atoms with Crippen molar-refractivity contribution in [2.45, 2.75) is 19.4 Å². The molecule has 1 aliphatic rings. The number of aromatic nitrogens is 1. The Morgan fingerprint density at radius 2 is 2.12 bits per heavy atom. The summed E-state index contributed by atoms with van der Waals surface area (Å²) in [6.45, 7) is 1.51. The van der Waals surface area contributed by atoms with Crippen molar-refractivity contribution in [3.05, 3.63) is 59.8 Å². The van der Waals surface area contributed by atoms with Gasteiger partial charge in [-0.1, -0.05) is 24.3 Å². The monoisotopic (exact) mass is 349 g/mol. The van der Waals surface area contributed by atoms with Gasteiger partial charge in [0.25, 0.3) is 0 Å². The molecule has 1 unspecified atom stereocenters. The quantitative estimate of drug-likeness (QED) is 0.759. The van der Waals surface area contributed by atoms with E-state index < -0.39 is 0 Å². The van der Waals surface area contributed by atoms with Crippen molar-refractivity contribution >= 4 is 22.5 Å². The van der Waals surface area contributed by atoms with Gasteiger partial charge in [-0.3, -0.25) is 4.79 Å². The van der Waals surface area contributed by atoms with Crippen molar-refractivity contribution in [2.75, 3.05) is 7.11 Å². The number of benzene rings is 2. The number of phenolic OH excluding ortho intramolecular Hbond substituents is 1. The van der Waals surface area contributed by atoms with Gasteiger partial charge in [0.15, 0.2) is 11.5 Å². The Labute approximate surface area is 150 Å². The summed E-state index contributed by atoms with van der Waals surface area (Å²) in [7, 11) is 1.50. The number of hydrogen-bond donors (Lipinski definition) is 2. The molecule has 4 rings (SSSR count). The summed E-state index contributed by atoms with van der Waals surface area (Å²) >= 11 is 0. The van der Waals surface area contributed by atoms with Crippen LogP contribution in [0.4, 0.5) is 0 Å². The number of para-hydroxylation sites is 1. The van der Waals surface area contributed by atoms with Crippen LogP contribution in [0.1, 0.15) is 30.5 Å². The predicted octanol–water partition coefficient (Wildman–Crippen LogP) is 3.58. The third kappa shape index (κ3) is 2.60. The van der Waals surface area contributed by atoms with Gasteiger partial charge in [-0.05, 0) is 23.8 Å². The summed E-state index contributed by atoms with van der Waals surface area (Å²) in [6, 6.07) is 12.9. The zero-order valence-corrected chi connectivity index (χ0v) is 14.6. The number of nitrogens with one attached hydrogen (secondary N) is 1. The number of carbonyl (C=O) groups excluding carboxylic acids is 1. The third-order valence-electron chi connectivity index (χ3n) is 4.72. The molecule has 0 aliphatic carbocycles. The van der Waals surface area contributed by atoms with Crippen molar-refractivity contribution in [1.29, 1.82) is 0 Å². The maximum Gasteiger partial charge on any atom is 0.240 e. The maximum atomic E-state index is 12.2. The zero-order chi connectivity index (χ0) is 18.3. The first-order valence-corrected chi connectivity index (χ1v) is 8.39. The Hall–Kier alpha value is -3.28. The van der Waals surface area contributed by atoms with Gasteiger partial charge in [0.05, 0.1) is 18.9 Å². The normalized spacial score (nSPS) is 16.8. The van der Waals surface area contributed by atoms with Crippen LogP contribution < -0.4 is 4.74 Å². The van der Waals surface area contributed by atoms with Crippen LogP contribution in [-0.2, 0) is 4.79 Å². The topological polar surface area (TPSA) is 77.9 Å². The highest BCUT2D eigenvalue weighted by atomic mass is 16.5. The lowest BCUT2D eigenvalue weighted by Gasteiger charge is -2.21.